The molecule has 0 atom stereocenters. The van der Waals surface area contributed by atoms with Crippen LogP contribution in [-0.4, -0.2) is 29.9 Å². The normalized spacial score (nSPS) is 10.5. The molecule has 1 aromatic heterocycles. The summed E-state index contributed by atoms with van der Waals surface area (Å²) in [5, 5.41) is 0. The van der Waals surface area contributed by atoms with Crippen molar-refractivity contribution < 1.29 is 4.79 Å². The van der Waals surface area contributed by atoms with Gasteiger partial charge in [-0.1, -0.05) is 25.7 Å². The number of rotatable bonds is 4. The lowest BCUT2D eigenvalue weighted by molar-refractivity contribution is 0.0687. The molecule has 2 N–H and O–H groups in total. The Morgan fingerprint density at radius 1 is 1.37 bits per heavy atom. The Hall–Kier alpha value is -1.31. The summed E-state index contributed by atoms with van der Waals surface area (Å²) >= 11 is 1.43. The maximum atomic E-state index is 12.5. The molecular formula is C15H22N2OS. The monoisotopic (exact) mass is 278 g/mol. The molecule has 0 bridgehead atoms. The first-order chi connectivity index (χ1) is 8.95. The zero-order valence-corrected chi connectivity index (χ0v) is 12.9. The van der Waals surface area contributed by atoms with Crippen LogP contribution in [0.1, 0.15) is 42.2 Å². The van der Waals surface area contributed by atoms with Gasteiger partial charge in [0.2, 0.25) is 0 Å². The average molecular weight is 278 g/mol. The highest BCUT2D eigenvalue weighted by atomic mass is 32.1. The van der Waals surface area contributed by atoms with Gasteiger partial charge in [-0.15, -0.1) is 11.3 Å². The van der Waals surface area contributed by atoms with Crippen LogP contribution in [0.4, 0.5) is 0 Å². The highest BCUT2D eigenvalue weighted by molar-refractivity contribution is 7.14. The van der Waals surface area contributed by atoms with Gasteiger partial charge in [0.25, 0.3) is 5.91 Å². The zero-order valence-electron chi connectivity index (χ0n) is 12.1. The summed E-state index contributed by atoms with van der Waals surface area (Å²) in [6.07, 6.45) is 0. The van der Waals surface area contributed by atoms with E-state index in [9.17, 15) is 4.79 Å². The number of hydrogen-bond acceptors (Lipinski definition) is 3. The van der Waals surface area contributed by atoms with E-state index in [4.69, 9.17) is 5.73 Å². The van der Waals surface area contributed by atoms with Gasteiger partial charge in [-0.25, -0.2) is 0 Å². The maximum absolute atomic E-state index is 12.5. The van der Waals surface area contributed by atoms with Crippen molar-refractivity contribution in [3.8, 4) is 11.8 Å². The molecule has 1 heterocycles. The summed E-state index contributed by atoms with van der Waals surface area (Å²) in [6.45, 7) is 9.45. The van der Waals surface area contributed by atoms with Crippen molar-refractivity contribution in [2.24, 2.45) is 11.7 Å². The van der Waals surface area contributed by atoms with Gasteiger partial charge in [0.1, 0.15) is 0 Å². The lowest BCUT2D eigenvalue weighted by Gasteiger charge is -2.28. The Morgan fingerprint density at radius 2 is 2.05 bits per heavy atom. The van der Waals surface area contributed by atoms with Crippen LogP contribution in [0.3, 0.4) is 0 Å². The first-order valence-corrected chi connectivity index (χ1v) is 7.37. The third-order valence-electron chi connectivity index (χ3n) is 2.58. The van der Waals surface area contributed by atoms with E-state index < -0.39 is 0 Å². The maximum Gasteiger partial charge on any atom is 0.264 e. The van der Waals surface area contributed by atoms with E-state index in [-0.39, 0.29) is 11.9 Å². The molecule has 0 radical (unpaired) electrons. The van der Waals surface area contributed by atoms with Gasteiger partial charge in [0.15, 0.2) is 0 Å². The van der Waals surface area contributed by atoms with Crippen molar-refractivity contribution in [1.29, 1.82) is 0 Å². The van der Waals surface area contributed by atoms with Gasteiger partial charge in [-0.3, -0.25) is 4.79 Å². The fourth-order valence-electron chi connectivity index (χ4n) is 1.72. The fourth-order valence-corrected chi connectivity index (χ4v) is 2.56. The molecule has 104 valence electrons. The Bertz CT molecular complexity index is 480. The standard InChI is InChI=1S/C15H22N2OS/c1-11(2)10-17(12(3)4)15(18)14-8-7-13(19-14)6-5-9-16/h7-8,11-12H,9-10,16H2,1-4H3. The van der Waals surface area contributed by atoms with Crippen molar-refractivity contribution in [1.82, 2.24) is 4.90 Å². The molecule has 0 aliphatic carbocycles. The molecule has 1 aromatic rings. The van der Waals surface area contributed by atoms with Gasteiger partial charge >= 0.3 is 0 Å². The fraction of sp³-hybridized carbons (Fsp3) is 0.533. The summed E-state index contributed by atoms with van der Waals surface area (Å²) in [4.78, 5) is 16.0. The summed E-state index contributed by atoms with van der Waals surface area (Å²) in [5.74, 6) is 6.32. The third kappa shape index (κ3) is 4.70. The Labute approximate surface area is 119 Å². The largest absolute Gasteiger partial charge is 0.335 e. The second-order valence-electron chi connectivity index (χ2n) is 5.11. The average Bonchev–Trinajstić information content (AvgIpc) is 2.80. The number of nitrogens with two attached hydrogens (primary N) is 1. The van der Waals surface area contributed by atoms with Crippen LogP contribution in [-0.2, 0) is 0 Å². The Kier molecular flexibility index (Phi) is 6.07. The van der Waals surface area contributed by atoms with Crippen LogP contribution < -0.4 is 5.73 Å². The minimum absolute atomic E-state index is 0.0921. The number of nitrogens with zero attached hydrogens (tertiary/aromatic N) is 1. The van der Waals surface area contributed by atoms with Crippen LogP contribution in [0.15, 0.2) is 12.1 Å². The molecule has 0 aromatic carbocycles. The number of hydrogen-bond donors (Lipinski definition) is 1. The number of amides is 1. The Morgan fingerprint density at radius 3 is 2.58 bits per heavy atom. The van der Waals surface area contributed by atoms with Gasteiger partial charge in [0, 0.05) is 12.6 Å². The van der Waals surface area contributed by atoms with E-state index in [2.05, 4.69) is 25.7 Å². The van der Waals surface area contributed by atoms with Crippen molar-refractivity contribution >= 4 is 17.2 Å². The van der Waals surface area contributed by atoms with Gasteiger partial charge in [-0.05, 0) is 31.9 Å². The predicted molar refractivity (Wildman–Crippen MR) is 81.3 cm³/mol. The van der Waals surface area contributed by atoms with E-state index in [1.807, 2.05) is 30.9 Å². The smallest absolute Gasteiger partial charge is 0.264 e. The topological polar surface area (TPSA) is 46.3 Å². The molecule has 1 rings (SSSR count). The van der Waals surface area contributed by atoms with Crippen molar-refractivity contribution in [3.63, 3.8) is 0 Å². The molecule has 3 nitrogen and oxygen atoms in total. The van der Waals surface area contributed by atoms with Crippen molar-refractivity contribution in [3.05, 3.63) is 21.9 Å². The van der Waals surface area contributed by atoms with Crippen molar-refractivity contribution in [2.45, 2.75) is 33.7 Å². The molecule has 0 unspecified atom stereocenters. The number of carbonyl (C=O) groups is 1. The molecule has 0 saturated heterocycles. The van der Waals surface area contributed by atoms with Gasteiger partial charge < -0.3 is 10.6 Å². The summed E-state index contributed by atoms with van der Waals surface area (Å²) < 4.78 is 0. The Balaban J connectivity index is 2.87. The van der Waals surface area contributed by atoms with Crippen molar-refractivity contribution in [2.75, 3.05) is 13.1 Å². The lowest BCUT2D eigenvalue weighted by Crippen LogP contribution is -2.39. The molecule has 0 aliphatic rings. The van der Waals surface area contributed by atoms with E-state index in [1.165, 1.54) is 11.3 Å². The molecule has 0 spiro atoms. The van der Waals surface area contributed by atoms with Gasteiger partial charge in [0.05, 0.1) is 16.3 Å². The van der Waals surface area contributed by atoms with E-state index in [1.54, 1.807) is 0 Å². The lowest BCUT2D eigenvalue weighted by atomic mass is 10.1. The van der Waals surface area contributed by atoms with E-state index in [0.717, 1.165) is 16.3 Å². The van der Waals surface area contributed by atoms with Crippen LogP contribution in [0.2, 0.25) is 0 Å². The van der Waals surface area contributed by atoms with Crippen LogP contribution in [0.5, 0.6) is 0 Å². The predicted octanol–water partition coefficient (Wildman–Crippen LogP) is 2.56. The second kappa shape index (κ2) is 7.32. The molecule has 0 fully saturated rings. The van der Waals surface area contributed by atoms with Crippen LogP contribution in [0, 0.1) is 17.8 Å². The third-order valence-corrected chi connectivity index (χ3v) is 3.57. The second-order valence-corrected chi connectivity index (χ2v) is 6.20. The van der Waals surface area contributed by atoms with Crippen LogP contribution in [0.25, 0.3) is 0 Å². The molecule has 1 amide bonds. The molecule has 0 saturated carbocycles. The minimum Gasteiger partial charge on any atom is -0.335 e. The van der Waals surface area contributed by atoms with E-state index >= 15 is 0 Å². The van der Waals surface area contributed by atoms with Gasteiger partial charge in [-0.2, -0.15) is 0 Å². The molecule has 4 heteroatoms. The number of carbonyl (C=O) groups excluding carboxylic acids is 1. The molecule has 0 aliphatic heterocycles. The number of thiophene rings is 1. The summed E-state index contributed by atoms with van der Waals surface area (Å²) in [7, 11) is 0. The SMILES string of the molecule is CC(C)CN(C(=O)c1ccc(C#CCN)s1)C(C)C. The highest BCUT2D eigenvalue weighted by Crippen LogP contribution is 2.19. The first-order valence-electron chi connectivity index (χ1n) is 6.55. The van der Waals surface area contributed by atoms with Crippen LogP contribution >= 0.6 is 11.3 Å². The van der Waals surface area contributed by atoms with E-state index in [0.29, 0.717) is 12.5 Å². The summed E-state index contributed by atoms with van der Waals surface area (Å²) in [6, 6.07) is 3.94. The molecule has 19 heavy (non-hydrogen) atoms. The molecular weight excluding hydrogens is 256 g/mol. The first kappa shape index (κ1) is 15.7. The highest BCUT2D eigenvalue weighted by Gasteiger charge is 2.20. The quantitative estimate of drug-likeness (QED) is 0.860. The summed E-state index contributed by atoms with van der Waals surface area (Å²) in [5.41, 5.74) is 5.34. The zero-order chi connectivity index (χ0) is 14.4. The minimum atomic E-state index is 0.0921.